The highest BCUT2D eigenvalue weighted by atomic mass is 19.1. The third-order valence-electron chi connectivity index (χ3n) is 5.81. The topological polar surface area (TPSA) is 49.6 Å². The summed E-state index contributed by atoms with van der Waals surface area (Å²) in [6.45, 7) is 7.80. The molecule has 1 fully saturated rings. The molecule has 4 rings (SSSR count). The van der Waals surface area contributed by atoms with Crippen molar-refractivity contribution in [2.75, 3.05) is 18.0 Å². The van der Waals surface area contributed by atoms with Gasteiger partial charge in [-0.2, -0.15) is 5.10 Å². The normalized spacial score (nSPS) is 13.9. The predicted octanol–water partition coefficient (Wildman–Crippen LogP) is 4.91. The van der Waals surface area contributed by atoms with Crippen molar-refractivity contribution in [3.63, 3.8) is 0 Å². The van der Waals surface area contributed by atoms with E-state index in [1.54, 1.807) is 12.1 Å². The molecule has 1 N–H and O–H groups in total. The Kier molecular flexibility index (Phi) is 5.89. The van der Waals surface area contributed by atoms with Crippen LogP contribution in [0.1, 0.15) is 45.7 Å². The van der Waals surface area contributed by atoms with E-state index in [4.69, 9.17) is 0 Å². The lowest BCUT2D eigenvalue weighted by Gasteiger charge is -2.19. The molecule has 0 bridgehead atoms. The smallest absolute Gasteiger partial charge is 0.271 e. The van der Waals surface area contributed by atoms with Crippen LogP contribution in [0.3, 0.4) is 0 Å². The number of carbonyl (C=O) groups excluding carboxylic acids is 1. The van der Waals surface area contributed by atoms with Crippen LogP contribution in [0.5, 0.6) is 0 Å². The second-order valence-electron chi connectivity index (χ2n) is 8.05. The maximum atomic E-state index is 14.6. The van der Waals surface area contributed by atoms with E-state index in [-0.39, 0.29) is 11.7 Å². The fraction of sp³-hybridized carbons (Fsp3) is 0.280. The first-order valence-electron chi connectivity index (χ1n) is 10.6. The Morgan fingerprint density at radius 3 is 2.29 bits per heavy atom. The molecule has 1 aliphatic rings. The zero-order chi connectivity index (χ0) is 22.0. The van der Waals surface area contributed by atoms with Gasteiger partial charge in [-0.25, -0.2) is 9.82 Å². The highest BCUT2D eigenvalue weighted by Crippen LogP contribution is 2.26. The highest BCUT2D eigenvalue weighted by Gasteiger charge is 2.17. The SMILES string of the molecule is Cc1cc(N2CCCC2)c(F)cc1/C=N\NC(=O)c1ccc(-n2c(C)ccc2C)cc1. The van der Waals surface area contributed by atoms with E-state index >= 15 is 0 Å². The Bertz CT molecular complexity index is 1110. The maximum Gasteiger partial charge on any atom is 0.271 e. The number of halogens is 1. The molecule has 1 aliphatic heterocycles. The van der Waals surface area contributed by atoms with Gasteiger partial charge in [-0.05, 0) is 87.7 Å². The Balaban J connectivity index is 1.43. The van der Waals surface area contributed by atoms with Crippen LogP contribution in [-0.4, -0.2) is 29.8 Å². The Morgan fingerprint density at radius 1 is 1.00 bits per heavy atom. The summed E-state index contributed by atoms with van der Waals surface area (Å²) in [4.78, 5) is 14.5. The molecular weight excluding hydrogens is 391 g/mol. The summed E-state index contributed by atoms with van der Waals surface area (Å²) in [5.74, 6) is -0.568. The average Bonchev–Trinajstić information content (AvgIpc) is 3.40. The third-order valence-corrected chi connectivity index (χ3v) is 5.81. The van der Waals surface area contributed by atoms with Gasteiger partial charge in [-0.1, -0.05) is 0 Å². The van der Waals surface area contributed by atoms with E-state index in [0.717, 1.165) is 48.6 Å². The zero-order valence-corrected chi connectivity index (χ0v) is 18.2. The van der Waals surface area contributed by atoms with Gasteiger partial charge in [0.2, 0.25) is 0 Å². The van der Waals surface area contributed by atoms with E-state index in [9.17, 15) is 9.18 Å². The molecule has 3 aromatic rings. The monoisotopic (exact) mass is 418 g/mol. The number of aromatic nitrogens is 1. The minimum atomic E-state index is -0.310. The van der Waals surface area contributed by atoms with Crippen LogP contribution in [-0.2, 0) is 0 Å². The number of rotatable bonds is 5. The van der Waals surface area contributed by atoms with Crippen LogP contribution >= 0.6 is 0 Å². The van der Waals surface area contributed by atoms with E-state index < -0.39 is 0 Å². The van der Waals surface area contributed by atoms with Gasteiger partial charge in [0.25, 0.3) is 5.91 Å². The van der Waals surface area contributed by atoms with Gasteiger partial charge < -0.3 is 9.47 Å². The molecule has 1 saturated heterocycles. The largest absolute Gasteiger partial charge is 0.369 e. The summed E-state index contributed by atoms with van der Waals surface area (Å²) in [5, 5.41) is 4.04. The predicted molar refractivity (Wildman–Crippen MR) is 123 cm³/mol. The van der Waals surface area contributed by atoms with Crippen LogP contribution in [0.25, 0.3) is 5.69 Å². The van der Waals surface area contributed by atoms with Crippen molar-refractivity contribution in [2.45, 2.75) is 33.6 Å². The first-order valence-corrected chi connectivity index (χ1v) is 10.6. The van der Waals surface area contributed by atoms with Crippen molar-refractivity contribution in [3.05, 3.63) is 82.4 Å². The standard InChI is InChI=1S/C25H27FN4O/c1-17-14-24(29-12-4-5-13-29)23(26)15-21(17)16-27-28-25(31)20-8-10-22(11-9-20)30-18(2)6-7-19(30)3/h6-11,14-16H,4-5,12-13H2,1-3H3,(H,28,31)/b27-16-. The molecule has 0 unspecified atom stereocenters. The summed E-state index contributed by atoms with van der Waals surface area (Å²) in [5.41, 5.74) is 8.53. The number of nitrogens with one attached hydrogen (secondary N) is 1. The first-order chi connectivity index (χ1) is 14.9. The Labute approximate surface area is 182 Å². The molecule has 2 aromatic carbocycles. The van der Waals surface area contributed by atoms with E-state index in [0.29, 0.717) is 16.8 Å². The second-order valence-corrected chi connectivity index (χ2v) is 8.05. The number of hydrazone groups is 1. The van der Waals surface area contributed by atoms with Crippen molar-refractivity contribution in [1.29, 1.82) is 0 Å². The summed E-state index contributed by atoms with van der Waals surface area (Å²) < 4.78 is 16.7. The molecule has 2 heterocycles. The molecule has 0 aliphatic carbocycles. The number of nitrogens with zero attached hydrogens (tertiary/aromatic N) is 3. The van der Waals surface area contributed by atoms with Crippen LogP contribution in [0.2, 0.25) is 0 Å². The number of amides is 1. The number of hydrogen-bond acceptors (Lipinski definition) is 3. The Morgan fingerprint density at radius 2 is 1.65 bits per heavy atom. The summed E-state index contributed by atoms with van der Waals surface area (Å²) >= 11 is 0. The van der Waals surface area contributed by atoms with Crippen molar-refractivity contribution in [1.82, 2.24) is 9.99 Å². The molecule has 5 nitrogen and oxygen atoms in total. The molecule has 1 amide bonds. The third kappa shape index (κ3) is 4.38. The van der Waals surface area contributed by atoms with E-state index in [2.05, 4.69) is 32.1 Å². The van der Waals surface area contributed by atoms with Gasteiger partial charge in [0, 0.05) is 41.3 Å². The molecule has 0 spiro atoms. The fourth-order valence-electron chi connectivity index (χ4n) is 4.08. The first kappa shape index (κ1) is 20.8. The van der Waals surface area contributed by atoms with Gasteiger partial charge in [0.05, 0.1) is 11.9 Å². The number of anilines is 1. The van der Waals surface area contributed by atoms with E-state index in [1.807, 2.05) is 39.0 Å². The number of hydrogen-bond donors (Lipinski definition) is 1. The van der Waals surface area contributed by atoms with Crippen LogP contribution in [0.15, 0.2) is 53.6 Å². The molecule has 1 aromatic heterocycles. The second kappa shape index (κ2) is 8.76. The van der Waals surface area contributed by atoms with Crippen molar-refractivity contribution >= 4 is 17.8 Å². The highest BCUT2D eigenvalue weighted by molar-refractivity contribution is 5.95. The molecule has 0 saturated carbocycles. The molecule has 31 heavy (non-hydrogen) atoms. The zero-order valence-electron chi connectivity index (χ0n) is 18.2. The number of carbonyl (C=O) groups is 1. The molecule has 0 atom stereocenters. The average molecular weight is 419 g/mol. The number of aryl methyl sites for hydroxylation is 3. The van der Waals surface area contributed by atoms with Crippen LogP contribution in [0.4, 0.5) is 10.1 Å². The minimum absolute atomic E-state index is 0.258. The van der Waals surface area contributed by atoms with Gasteiger partial charge in [-0.15, -0.1) is 0 Å². The summed E-state index contributed by atoms with van der Waals surface area (Å²) in [6, 6.07) is 14.8. The van der Waals surface area contributed by atoms with Crippen LogP contribution < -0.4 is 10.3 Å². The minimum Gasteiger partial charge on any atom is -0.369 e. The Hall–Kier alpha value is -3.41. The van der Waals surface area contributed by atoms with Gasteiger partial charge in [0.1, 0.15) is 5.82 Å². The lowest BCUT2D eigenvalue weighted by molar-refractivity contribution is 0.0955. The van der Waals surface area contributed by atoms with Crippen molar-refractivity contribution < 1.29 is 9.18 Å². The maximum absolute atomic E-state index is 14.6. The van der Waals surface area contributed by atoms with Gasteiger partial charge in [0.15, 0.2) is 0 Å². The lowest BCUT2D eigenvalue weighted by atomic mass is 10.1. The molecule has 160 valence electrons. The molecule has 6 heteroatoms. The summed E-state index contributed by atoms with van der Waals surface area (Å²) in [7, 11) is 0. The summed E-state index contributed by atoms with van der Waals surface area (Å²) in [6.07, 6.45) is 3.68. The lowest BCUT2D eigenvalue weighted by Crippen LogP contribution is -2.19. The van der Waals surface area contributed by atoms with Crippen molar-refractivity contribution in [3.8, 4) is 5.69 Å². The fourth-order valence-corrected chi connectivity index (χ4v) is 4.08. The number of benzene rings is 2. The van der Waals surface area contributed by atoms with Gasteiger partial charge in [-0.3, -0.25) is 4.79 Å². The van der Waals surface area contributed by atoms with E-state index in [1.165, 1.54) is 12.3 Å². The molecular formula is C25H27FN4O. The van der Waals surface area contributed by atoms with Crippen molar-refractivity contribution in [2.24, 2.45) is 5.10 Å². The van der Waals surface area contributed by atoms with Crippen LogP contribution in [0, 0.1) is 26.6 Å². The van der Waals surface area contributed by atoms with Gasteiger partial charge >= 0.3 is 0 Å². The quantitative estimate of drug-likeness (QED) is 0.473. The molecule has 0 radical (unpaired) electrons.